The van der Waals surface area contributed by atoms with Gasteiger partial charge >= 0.3 is 0 Å². The van der Waals surface area contributed by atoms with Gasteiger partial charge in [-0.3, -0.25) is 0 Å². The molecule has 1 aromatic heterocycles. The zero-order chi connectivity index (χ0) is 14.7. The number of nitrogens with one attached hydrogen (secondary N) is 1. The van der Waals surface area contributed by atoms with Crippen LogP contribution < -0.4 is 5.32 Å². The third-order valence-corrected chi connectivity index (χ3v) is 6.45. The van der Waals surface area contributed by atoms with E-state index in [2.05, 4.69) is 44.1 Å². The molecular weight excluding hydrogens is 428 g/mol. The standard InChI is InChI=1S/C14H13Br2ClFNS/c1-2-6-19-13(11-7-9(15)14(16)20-11)8-4-3-5-10(17)12(8)18/h3-5,7,13,19H,2,6H2,1H3. The van der Waals surface area contributed by atoms with E-state index in [1.54, 1.807) is 29.5 Å². The van der Waals surface area contributed by atoms with E-state index in [0.29, 0.717) is 5.56 Å². The van der Waals surface area contributed by atoms with Crippen LogP contribution in [0.25, 0.3) is 0 Å². The van der Waals surface area contributed by atoms with E-state index in [0.717, 1.165) is 26.1 Å². The molecule has 2 aromatic rings. The first-order valence-electron chi connectivity index (χ1n) is 6.16. The number of benzene rings is 1. The molecule has 0 spiro atoms. The van der Waals surface area contributed by atoms with Crippen molar-refractivity contribution in [3.63, 3.8) is 0 Å². The zero-order valence-corrected chi connectivity index (χ0v) is 15.5. The molecule has 0 radical (unpaired) electrons. The summed E-state index contributed by atoms with van der Waals surface area (Å²) in [6.45, 7) is 2.89. The molecule has 6 heteroatoms. The van der Waals surface area contributed by atoms with Crippen molar-refractivity contribution in [2.75, 3.05) is 6.54 Å². The zero-order valence-electron chi connectivity index (χ0n) is 10.7. The van der Waals surface area contributed by atoms with Crippen molar-refractivity contribution in [2.24, 2.45) is 0 Å². The summed E-state index contributed by atoms with van der Waals surface area (Å²) in [5.41, 5.74) is 0.576. The van der Waals surface area contributed by atoms with E-state index in [-0.39, 0.29) is 16.9 Å². The number of thiophene rings is 1. The largest absolute Gasteiger partial charge is 0.306 e. The molecule has 1 heterocycles. The lowest BCUT2D eigenvalue weighted by atomic mass is 10.0. The molecule has 0 fully saturated rings. The van der Waals surface area contributed by atoms with Gasteiger partial charge in [0.2, 0.25) is 0 Å². The van der Waals surface area contributed by atoms with Crippen LogP contribution in [0, 0.1) is 5.82 Å². The van der Waals surface area contributed by atoms with Crippen molar-refractivity contribution >= 4 is 54.8 Å². The minimum absolute atomic E-state index is 0.153. The van der Waals surface area contributed by atoms with Gasteiger partial charge in [0.05, 0.1) is 14.9 Å². The first kappa shape index (κ1) is 16.4. The number of hydrogen-bond donors (Lipinski definition) is 1. The summed E-state index contributed by atoms with van der Waals surface area (Å²) < 4.78 is 16.3. The summed E-state index contributed by atoms with van der Waals surface area (Å²) in [7, 11) is 0. The van der Waals surface area contributed by atoms with Crippen LogP contribution >= 0.6 is 54.8 Å². The van der Waals surface area contributed by atoms with Crippen LogP contribution in [0.1, 0.15) is 29.8 Å². The predicted octanol–water partition coefficient (Wildman–Crippen LogP) is 6.15. The summed E-state index contributed by atoms with van der Waals surface area (Å²) in [5.74, 6) is -0.358. The Hall–Kier alpha value is 0.0600. The van der Waals surface area contributed by atoms with Crippen molar-refractivity contribution in [1.29, 1.82) is 0 Å². The van der Waals surface area contributed by atoms with Crippen LogP contribution in [0.15, 0.2) is 32.5 Å². The van der Waals surface area contributed by atoms with E-state index in [1.165, 1.54) is 0 Å². The van der Waals surface area contributed by atoms with Gasteiger partial charge in [-0.15, -0.1) is 11.3 Å². The van der Waals surface area contributed by atoms with E-state index in [1.807, 2.05) is 6.07 Å². The average Bonchev–Trinajstić information content (AvgIpc) is 2.74. The fourth-order valence-corrected chi connectivity index (χ4v) is 4.27. The summed E-state index contributed by atoms with van der Waals surface area (Å²) >= 11 is 14.4. The average molecular weight is 442 g/mol. The Morgan fingerprint density at radius 3 is 2.75 bits per heavy atom. The molecule has 0 saturated heterocycles. The van der Waals surface area contributed by atoms with Crippen molar-refractivity contribution in [2.45, 2.75) is 19.4 Å². The SMILES string of the molecule is CCCNC(c1cc(Br)c(Br)s1)c1cccc(Cl)c1F. The molecule has 1 atom stereocenters. The Bertz CT molecular complexity index is 583. The van der Waals surface area contributed by atoms with Gasteiger partial charge in [-0.05, 0) is 57.0 Å². The van der Waals surface area contributed by atoms with Gasteiger partial charge in [0.15, 0.2) is 0 Å². The fourth-order valence-electron chi connectivity index (χ4n) is 1.90. The second-order valence-corrected chi connectivity index (χ2v) is 7.96. The van der Waals surface area contributed by atoms with E-state index in [9.17, 15) is 4.39 Å². The van der Waals surface area contributed by atoms with Gasteiger partial charge < -0.3 is 5.32 Å². The van der Waals surface area contributed by atoms with Gasteiger partial charge in [-0.1, -0.05) is 30.7 Å². The Labute approximate surface area is 143 Å². The smallest absolute Gasteiger partial charge is 0.146 e. The van der Waals surface area contributed by atoms with Gasteiger partial charge in [0, 0.05) is 14.9 Å². The molecule has 1 unspecified atom stereocenters. The lowest BCUT2D eigenvalue weighted by Gasteiger charge is -2.18. The van der Waals surface area contributed by atoms with Crippen molar-refractivity contribution in [1.82, 2.24) is 5.32 Å². The highest BCUT2D eigenvalue weighted by Crippen LogP contribution is 2.38. The Morgan fingerprint density at radius 2 is 2.15 bits per heavy atom. The highest BCUT2D eigenvalue weighted by molar-refractivity contribution is 9.13. The van der Waals surface area contributed by atoms with Gasteiger partial charge in [-0.2, -0.15) is 0 Å². The molecule has 0 amide bonds. The molecule has 0 aliphatic carbocycles. The van der Waals surface area contributed by atoms with Crippen LogP contribution in [0.5, 0.6) is 0 Å². The second kappa shape index (κ2) is 7.36. The van der Waals surface area contributed by atoms with Crippen LogP contribution in [0.4, 0.5) is 4.39 Å². The summed E-state index contributed by atoms with van der Waals surface area (Å²) in [6.07, 6.45) is 0.979. The van der Waals surface area contributed by atoms with Crippen LogP contribution in [0.3, 0.4) is 0 Å². The van der Waals surface area contributed by atoms with Crippen molar-refractivity contribution in [3.05, 3.63) is 53.8 Å². The Balaban J connectivity index is 2.44. The van der Waals surface area contributed by atoms with Crippen LogP contribution in [-0.2, 0) is 0 Å². The molecule has 1 aromatic carbocycles. The number of rotatable bonds is 5. The quantitative estimate of drug-likeness (QED) is 0.586. The summed E-state index contributed by atoms with van der Waals surface area (Å²) in [4.78, 5) is 1.04. The number of hydrogen-bond acceptors (Lipinski definition) is 2. The molecule has 108 valence electrons. The highest BCUT2D eigenvalue weighted by atomic mass is 79.9. The third-order valence-electron chi connectivity index (χ3n) is 2.84. The normalized spacial score (nSPS) is 12.7. The maximum atomic E-state index is 14.3. The molecular formula is C14H13Br2ClFNS. The molecule has 1 N–H and O–H groups in total. The van der Waals surface area contributed by atoms with E-state index >= 15 is 0 Å². The minimum Gasteiger partial charge on any atom is -0.306 e. The van der Waals surface area contributed by atoms with Crippen LogP contribution in [0.2, 0.25) is 5.02 Å². The predicted molar refractivity (Wildman–Crippen MR) is 91.3 cm³/mol. The second-order valence-electron chi connectivity index (χ2n) is 4.30. The monoisotopic (exact) mass is 439 g/mol. The molecule has 1 nitrogen and oxygen atoms in total. The van der Waals surface area contributed by atoms with E-state index < -0.39 is 0 Å². The lowest BCUT2D eigenvalue weighted by Crippen LogP contribution is -2.23. The molecule has 20 heavy (non-hydrogen) atoms. The maximum absolute atomic E-state index is 14.3. The Kier molecular flexibility index (Phi) is 6.05. The first-order chi connectivity index (χ1) is 9.54. The van der Waals surface area contributed by atoms with Crippen molar-refractivity contribution < 1.29 is 4.39 Å². The molecule has 0 bridgehead atoms. The summed E-state index contributed by atoms with van der Waals surface area (Å²) in [5, 5.41) is 3.53. The third kappa shape index (κ3) is 3.63. The van der Waals surface area contributed by atoms with Gasteiger partial charge in [-0.25, -0.2) is 4.39 Å². The molecule has 0 aliphatic heterocycles. The number of halogens is 4. The fraction of sp³-hybridized carbons (Fsp3) is 0.286. The maximum Gasteiger partial charge on any atom is 0.146 e. The first-order valence-corrected chi connectivity index (χ1v) is 8.94. The lowest BCUT2D eigenvalue weighted by molar-refractivity contribution is 0.551. The summed E-state index contributed by atoms with van der Waals surface area (Å²) in [6, 6.07) is 6.93. The topological polar surface area (TPSA) is 12.0 Å². The molecule has 0 aliphatic rings. The van der Waals surface area contributed by atoms with Crippen LogP contribution in [-0.4, -0.2) is 6.54 Å². The molecule has 2 rings (SSSR count). The van der Waals surface area contributed by atoms with E-state index in [4.69, 9.17) is 11.6 Å². The van der Waals surface area contributed by atoms with Gasteiger partial charge in [0.25, 0.3) is 0 Å². The molecule has 0 saturated carbocycles. The minimum atomic E-state index is -0.358. The van der Waals surface area contributed by atoms with Gasteiger partial charge in [0.1, 0.15) is 5.82 Å². The highest BCUT2D eigenvalue weighted by Gasteiger charge is 2.21. The van der Waals surface area contributed by atoms with Crippen molar-refractivity contribution in [3.8, 4) is 0 Å². The Morgan fingerprint density at radius 1 is 1.40 bits per heavy atom.